The molecule has 0 N–H and O–H groups in total. The standard InChI is InChI=1S/C17H12ClF2N3O2S/c1-2-25-17(24)13-8-16(26-11-4-6-15(18)21-9-11)23(22-13)14-5-3-10(19)7-12(14)20/h3-9H,2H2,1H3. The highest BCUT2D eigenvalue weighted by Crippen LogP contribution is 2.31. The van der Waals surface area contributed by atoms with Crippen molar-refractivity contribution in [2.75, 3.05) is 6.61 Å². The van der Waals surface area contributed by atoms with Gasteiger partial charge in [-0.05, 0) is 31.2 Å². The number of halogens is 3. The summed E-state index contributed by atoms with van der Waals surface area (Å²) < 4.78 is 33.6. The lowest BCUT2D eigenvalue weighted by molar-refractivity contribution is 0.0519. The number of hydrogen-bond acceptors (Lipinski definition) is 5. The maximum Gasteiger partial charge on any atom is 0.358 e. The van der Waals surface area contributed by atoms with E-state index in [1.807, 2.05) is 0 Å². The molecule has 0 aliphatic rings. The van der Waals surface area contributed by atoms with Crippen LogP contribution in [0.25, 0.3) is 5.69 Å². The minimum Gasteiger partial charge on any atom is -0.461 e. The van der Waals surface area contributed by atoms with E-state index >= 15 is 0 Å². The Hall–Kier alpha value is -2.45. The Morgan fingerprint density at radius 2 is 2.08 bits per heavy atom. The van der Waals surface area contributed by atoms with Crippen molar-refractivity contribution in [1.82, 2.24) is 14.8 Å². The quantitative estimate of drug-likeness (QED) is 0.469. The Morgan fingerprint density at radius 1 is 1.27 bits per heavy atom. The van der Waals surface area contributed by atoms with Gasteiger partial charge >= 0.3 is 5.97 Å². The van der Waals surface area contributed by atoms with Crippen LogP contribution in [0.5, 0.6) is 0 Å². The van der Waals surface area contributed by atoms with Crippen molar-refractivity contribution < 1.29 is 18.3 Å². The molecule has 2 aromatic heterocycles. The van der Waals surface area contributed by atoms with Gasteiger partial charge < -0.3 is 4.74 Å². The van der Waals surface area contributed by atoms with E-state index in [9.17, 15) is 13.6 Å². The summed E-state index contributed by atoms with van der Waals surface area (Å²) in [6.07, 6.45) is 1.54. The molecule has 26 heavy (non-hydrogen) atoms. The number of pyridine rings is 1. The molecule has 0 aliphatic heterocycles. The second kappa shape index (κ2) is 7.84. The molecule has 9 heteroatoms. The zero-order valence-corrected chi connectivity index (χ0v) is 15.0. The summed E-state index contributed by atoms with van der Waals surface area (Å²) in [5, 5.41) is 4.88. The van der Waals surface area contributed by atoms with Crippen LogP contribution in [0.1, 0.15) is 17.4 Å². The van der Waals surface area contributed by atoms with Gasteiger partial charge in [0.1, 0.15) is 21.7 Å². The Bertz CT molecular complexity index is 948. The smallest absolute Gasteiger partial charge is 0.358 e. The topological polar surface area (TPSA) is 57.0 Å². The lowest BCUT2D eigenvalue weighted by Gasteiger charge is -2.08. The predicted molar refractivity (Wildman–Crippen MR) is 92.8 cm³/mol. The molecule has 2 heterocycles. The Labute approximate surface area is 156 Å². The number of benzene rings is 1. The van der Waals surface area contributed by atoms with Gasteiger partial charge in [-0.25, -0.2) is 23.2 Å². The van der Waals surface area contributed by atoms with Crippen LogP contribution < -0.4 is 0 Å². The van der Waals surface area contributed by atoms with Crippen LogP contribution in [0, 0.1) is 11.6 Å². The fourth-order valence-corrected chi connectivity index (χ4v) is 3.10. The summed E-state index contributed by atoms with van der Waals surface area (Å²) >= 11 is 6.97. The molecule has 0 amide bonds. The van der Waals surface area contributed by atoms with Gasteiger partial charge in [0.2, 0.25) is 0 Å². The Kier molecular flexibility index (Phi) is 5.53. The summed E-state index contributed by atoms with van der Waals surface area (Å²) in [6.45, 7) is 1.85. The van der Waals surface area contributed by atoms with Crippen molar-refractivity contribution >= 4 is 29.3 Å². The van der Waals surface area contributed by atoms with E-state index in [4.69, 9.17) is 16.3 Å². The molecule has 0 atom stereocenters. The van der Waals surface area contributed by atoms with Gasteiger partial charge in [-0.1, -0.05) is 23.4 Å². The SMILES string of the molecule is CCOC(=O)c1cc(Sc2ccc(Cl)nc2)n(-c2ccc(F)cc2F)n1. The van der Waals surface area contributed by atoms with Gasteiger partial charge in [0.05, 0.1) is 6.61 Å². The third kappa shape index (κ3) is 4.03. The minimum absolute atomic E-state index is 0.00590. The van der Waals surface area contributed by atoms with Crippen molar-refractivity contribution in [2.45, 2.75) is 16.8 Å². The van der Waals surface area contributed by atoms with Gasteiger partial charge in [-0.15, -0.1) is 0 Å². The van der Waals surface area contributed by atoms with E-state index in [0.717, 1.165) is 12.1 Å². The maximum absolute atomic E-state index is 14.2. The Morgan fingerprint density at radius 3 is 2.73 bits per heavy atom. The first-order valence-electron chi connectivity index (χ1n) is 7.50. The number of carbonyl (C=O) groups is 1. The van der Waals surface area contributed by atoms with Crippen LogP contribution in [0.3, 0.4) is 0 Å². The minimum atomic E-state index is -0.806. The fraction of sp³-hybridized carbons (Fsp3) is 0.118. The van der Waals surface area contributed by atoms with E-state index in [1.54, 1.807) is 19.1 Å². The highest BCUT2D eigenvalue weighted by Gasteiger charge is 2.19. The zero-order valence-electron chi connectivity index (χ0n) is 13.4. The maximum atomic E-state index is 14.2. The molecule has 1 aromatic carbocycles. The van der Waals surface area contributed by atoms with E-state index in [2.05, 4.69) is 10.1 Å². The molecule has 0 saturated heterocycles. The van der Waals surface area contributed by atoms with Crippen LogP contribution in [-0.2, 0) is 4.74 Å². The number of rotatable bonds is 5. The summed E-state index contributed by atoms with van der Waals surface area (Å²) in [5.74, 6) is -2.15. The molecule has 3 aromatic rings. The lowest BCUT2D eigenvalue weighted by atomic mass is 10.3. The predicted octanol–water partition coefficient (Wildman–Crippen LogP) is 4.53. The zero-order chi connectivity index (χ0) is 18.7. The van der Waals surface area contributed by atoms with Crippen molar-refractivity contribution in [3.63, 3.8) is 0 Å². The molecule has 3 rings (SSSR count). The summed E-state index contributed by atoms with van der Waals surface area (Å²) in [4.78, 5) is 16.7. The van der Waals surface area contributed by atoms with Crippen molar-refractivity contribution in [3.05, 3.63) is 65.1 Å². The third-order valence-corrected chi connectivity index (χ3v) is 4.42. The average molecular weight is 396 g/mol. The van der Waals surface area contributed by atoms with Crippen LogP contribution in [0.15, 0.2) is 52.5 Å². The number of hydrogen-bond donors (Lipinski definition) is 0. The molecule has 134 valence electrons. The van der Waals surface area contributed by atoms with E-state index < -0.39 is 17.6 Å². The fourth-order valence-electron chi connectivity index (χ4n) is 2.11. The molecule has 0 radical (unpaired) electrons. The van der Waals surface area contributed by atoms with Crippen molar-refractivity contribution in [3.8, 4) is 5.69 Å². The molecule has 0 spiro atoms. The van der Waals surface area contributed by atoms with Crippen LogP contribution in [0.4, 0.5) is 8.78 Å². The number of nitrogens with zero attached hydrogens (tertiary/aromatic N) is 3. The summed E-state index contributed by atoms with van der Waals surface area (Å²) in [6, 6.07) is 7.91. The first kappa shape index (κ1) is 18.3. The highest BCUT2D eigenvalue weighted by molar-refractivity contribution is 7.99. The molecular formula is C17H12ClF2N3O2S. The second-order valence-electron chi connectivity index (χ2n) is 5.01. The number of esters is 1. The molecule has 0 unspecified atom stereocenters. The van der Waals surface area contributed by atoms with E-state index in [0.29, 0.717) is 15.1 Å². The highest BCUT2D eigenvalue weighted by atomic mass is 35.5. The van der Waals surface area contributed by atoms with E-state index in [-0.39, 0.29) is 18.0 Å². The van der Waals surface area contributed by atoms with Gasteiger partial charge in [0.25, 0.3) is 0 Å². The molecular weight excluding hydrogens is 384 g/mol. The number of ether oxygens (including phenoxy) is 1. The number of aromatic nitrogens is 3. The van der Waals surface area contributed by atoms with Crippen LogP contribution in [-0.4, -0.2) is 27.3 Å². The van der Waals surface area contributed by atoms with Crippen LogP contribution in [0.2, 0.25) is 5.15 Å². The van der Waals surface area contributed by atoms with Crippen LogP contribution >= 0.6 is 23.4 Å². The van der Waals surface area contributed by atoms with Gasteiger partial charge in [-0.2, -0.15) is 5.10 Å². The molecule has 0 saturated carbocycles. The Balaban J connectivity index is 2.05. The van der Waals surface area contributed by atoms with Gasteiger partial charge in [0.15, 0.2) is 11.5 Å². The largest absolute Gasteiger partial charge is 0.461 e. The van der Waals surface area contributed by atoms with E-state index in [1.165, 1.54) is 34.8 Å². The molecule has 0 bridgehead atoms. The molecule has 5 nitrogen and oxygen atoms in total. The summed E-state index contributed by atoms with van der Waals surface area (Å²) in [5.41, 5.74) is 0.0198. The molecule has 0 aliphatic carbocycles. The monoisotopic (exact) mass is 395 g/mol. The average Bonchev–Trinajstić information content (AvgIpc) is 3.01. The normalized spacial score (nSPS) is 10.8. The number of carbonyl (C=O) groups excluding carboxylic acids is 1. The lowest BCUT2D eigenvalue weighted by Crippen LogP contribution is -2.07. The second-order valence-corrected chi connectivity index (χ2v) is 6.50. The van der Waals surface area contributed by atoms with Crippen molar-refractivity contribution in [1.29, 1.82) is 0 Å². The van der Waals surface area contributed by atoms with Gasteiger partial charge in [0, 0.05) is 23.2 Å². The van der Waals surface area contributed by atoms with Crippen molar-refractivity contribution in [2.24, 2.45) is 0 Å². The molecule has 0 fully saturated rings. The third-order valence-electron chi connectivity index (χ3n) is 3.22. The van der Waals surface area contributed by atoms with Gasteiger partial charge in [-0.3, -0.25) is 0 Å². The first-order valence-corrected chi connectivity index (χ1v) is 8.69. The first-order chi connectivity index (χ1) is 12.5. The summed E-state index contributed by atoms with van der Waals surface area (Å²) in [7, 11) is 0.